The lowest BCUT2D eigenvalue weighted by molar-refractivity contribution is 0.834. The highest BCUT2D eigenvalue weighted by atomic mass is 127. The molecular formula is C10H12IN. The van der Waals surface area contributed by atoms with Crippen molar-refractivity contribution in [1.29, 1.82) is 0 Å². The highest BCUT2D eigenvalue weighted by molar-refractivity contribution is 14.1. The van der Waals surface area contributed by atoms with Crippen molar-refractivity contribution >= 4 is 28.3 Å². The molecule has 64 valence electrons. The average Bonchev–Trinajstić information content (AvgIpc) is 2.07. The van der Waals surface area contributed by atoms with Crippen LogP contribution in [0.25, 0.3) is 0 Å². The van der Waals surface area contributed by atoms with E-state index < -0.39 is 0 Å². The van der Waals surface area contributed by atoms with Crippen LogP contribution in [0.2, 0.25) is 0 Å². The number of halogens is 1. The maximum Gasteiger partial charge on any atom is 0.0396 e. The van der Waals surface area contributed by atoms with Crippen molar-refractivity contribution in [2.24, 2.45) is 0 Å². The Kier molecular flexibility index (Phi) is 2.26. The molecule has 1 aromatic rings. The molecule has 0 fully saturated rings. The van der Waals surface area contributed by atoms with Gasteiger partial charge in [-0.1, -0.05) is 40.3 Å². The van der Waals surface area contributed by atoms with E-state index >= 15 is 0 Å². The van der Waals surface area contributed by atoms with Gasteiger partial charge < -0.3 is 5.32 Å². The van der Waals surface area contributed by atoms with E-state index in [4.69, 9.17) is 0 Å². The summed E-state index contributed by atoms with van der Waals surface area (Å²) in [4.78, 5) is 0. The number of nitrogens with one attached hydrogen (secondary N) is 1. The fourth-order valence-electron chi connectivity index (χ4n) is 1.59. The number of anilines is 1. The first-order chi connectivity index (χ1) is 5.77. The summed E-state index contributed by atoms with van der Waals surface area (Å²) in [6, 6.07) is 6.65. The van der Waals surface area contributed by atoms with Crippen LogP contribution in [0.4, 0.5) is 5.69 Å². The number of aryl methyl sites for hydroxylation is 1. The van der Waals surface area contributed by atoms with Gasteiger partial charge in [-0.05, 0) is 25.0 Å². The standard InChI is InChI=1S/C10H12IN/c1-7-2-3-10-8(6-7)9(11)4-5-12-10/h2-3,6,9,12H,4-5H2,1H3. The predicted molar refractivity (Wildman–Crippen MR) is 61.0 cm³/mol. The number of alkyl halides is 1. The van der Waals surface area contributed by atoms with Crippen LogP contribution in [0.1, 0.15) is 21.5 Å². The highest BCUT2D eigenvalue weighted by Gasteiger charge is 2.16. The number of fused-ring (bicyclic) bond motifs is 1. The van der Waals surface area contributed by atoms with Crippen LogP contribution in [0, 0.1) is 6.92 Å². The lowest BCUT2D eigenvalue weighted by atomic mass is 10.0. The zero-order chi connectivity index (χ0) is 8.55. The third-order valence-electron chi connectivity index (χ3n) is 2.26. The van der Waals surface area contributed by atoms with Gasteiger partial charge in [0.25, 0.3) is 0 Å². The summed E-state index contributed by atoms with van der Waals surface area (Å²) in [5.41, 5.74) is 4.16. The van der Waals surface area contributed by atoms with Gasteiger partial charge in [-0.2, -0.15) is 0 Å². The number of hydrogen-bond acceptors (Lipinski definition) is 1. The summed E-state index contributed by atoms with van der Waals surface area (Å²) in [5.74, 6) is 0. The van der Waals surface area contributed by atoms with Gasteiger partial charge in [-0.25, -0.2) is 0 Å². The van der Waals surface area contributed by atoms with Crippen molar-refractivity contribution in [2.45, 2.75) is 17.3 Å². The van der Waals surface area contributed by atoms with Crippen LogP contribution >= 0.6 is 22.6 Å². The van der Waals surface area contributed by atoms with Crippen molar-refractivity contribution in [3.8, 4) is 0 Å². The summed E-state index contributed by atoms with van der Waals surface area (Å²) >= 11 is 2.52. The minimum Gasteiger partial charge on any atom is -0.385 e. The lowest BCUT2D eigenvalue weighted by Gasteiger charge is -2.22. The van der Waals surface area contributed by atoms with Gasteiger partial charge in [0.1, 0.15) is 0 Å². The van der Waals surface area contributed by atoms with E-state index in [2.05, 4.69) is 53.0 Å². The summed E-state index contributed by atoms with van der Waals surface area (Å²) in [5, 5.41) is 3.42. The lowest BCUT2D eigenvalue weighted by Crippen LogP contribution is -2.13. The van der Waals surface area contributed by atoms with E-state index in [1.165, 1.54) is 23.2 Å². The van der Waals surface area contributed by atoms with Gasteiger partial charge in [0.15, 0.2) is 0 Å². The Bertz CT molecular complexity index is 296. The number of benzene rings is 1. The molecule has 0 aromatic heterocycles. The van der Waals surface area contributed by atoms with Gasteiger partial charge in [-0.15, -0.1) is 0 Å². The van der Waals surface area contributed by atoms with E-state index in [0.717, 1.165) is 6.54 Å². The molecule has 1 atom stereocenters. The Morgan fingerprint density at radius 3 is 3.17 bits per heavy atom. The molecule has 1 aliphatic heterocycles. The fraction of sp³-hybridized carbons (Fsp3) is 0.400. The molecule has 0 radical (unpaired) electrons. The molecule has 2 rings (SSSR count). The van der Waals surface area contributed by atoms with Crippen LogP contribution in [-0.2, 0) is 0 Å². The maximum absolute atomic E-state index is 3.42. The molecule has 12 heavy (non-hydrogen) atoms. The Labute approximate surface area is 86.7 Å². The molecular weight excluding hydrogens is 261 g/mol. The quantitative estimate of drug-likeness (QED) is 0.565. The van der Waals surface area contributed by atoms with Crippen molar-refractivity contribution in [2.75, 3.05) is 11.9 Å². The molecule has 0 saturated carbocycles. The van der Waals surface area contributed by atoms with E-state index in [1.54, 1.807) is 0 Å². The minimum absolute atomic E-state index is 0.693. The summed E-state index contributed by atoms with van der Waals surface area (Å²) in [6.07, 6.45) is 1.25. The predicted octanol–water partition coefficient (Wildman–Crippen LogP) is 3.29. The monoisotopic (exact) mass is 273 g/mol. The van der Waals surface area contributed by atoms with Crippen LogP contribution in [0.5, 0.6) is 0 Å². The molecule has 2 heteroatoms. The Morgan fingerprint density at radius 1 is 1.50 bits per heavy atom. The maximum atomic E-state index is 3.42. The van der Waals surface area contributed by atoms with Crippen LogP contribution < -0.4 is 5.32 Å². The van der Waals surface area contributed by atoms with Crippen molar-refractivity contribution in [3.05, 3.63) is 29.3 Å². The Hall–Kier alpha value is -0.250. The van der Waals surface area contributed by atoms with E-state index in [9.17, 15) is 0 Å². The first kappa shape index (κ1) is 8.35. The molecule has 1 unspecified atom stereocenters. The van der Waals surface area contributed by atoms with E-state index in [0.29, 0.717) is 3.92 Å². The molecule has 0 spiro atoms. The zero-order valence-electron chi connectivity index (χ0n) is 7.10. The normalized spacial score (nSPS) is 21.3. The van der Waals surface area contributed by atoms with Gasteiger partial charge in [0, 0.05) is 16.2 Å². The molecule has 0 saturated heterocycles. The topological polar surface area (TPSA) is 12.0 Å². The zero-order valence-corrected chi connectivity index (χ0v) is 9.26. The summed E-state index contributed by atoms with van der Waals surface area (Å²) < 4.78 is 0.693. The molecule has 1 aliphatic rings. The van der Waals surface area contributed by atoms with Crippen molar-refractivity contribution in [3.63, 3.8) is 0 Å². The highest BCUT2D eigenvalue weighted by Crippen LogP contribution is 2.36. The fourth-order valence-corrected chi connectivity index (χ4v) is 2.42. The first-order valence-corrected chi connectivity index (χ1v) is 5.50. The van der Waals surface area contributed by atoms with Gasteiger partial charge in [0.2, 0.25) is 0 Å². The Morgan fingerprint density at radius 2 is 2.33 bits per heavy atom. The third kappa shape index (κ3) is 1.44. The van der Waals surface area contributed by atoms with E-state index in [-0.39, 0.29) is 0 Å². The number of rotatable bonds is 0. The molecule has 0 aliphatic carbocycles. The van der Waals surface area contributed by atoms with Crippen LogP contribution in [-0.4, -0.2) is 6.54 Å². The SMILES string of the molecule is Cc1ccc2c(c1)C(I)CCN2. The van der Waals surface area contributed by atoms with Crippen molar-refractivity contribution in [1.82, 2.24) is 0 Å². The molecule has 1 N–H and O–H groups in total. The number of hydrogen-bond donors (Lipinski definition) is 1. The van der Waals surface area contributed by atoms with Gasteiger partial charge in [0.05, 0.1) is 0 Å². The molecule has 0 bridgehead atoms. The molecule has 0 amide bonds. The van der Waals surface area contributed by atoms with E-state index in [1.807, 2.05) is 0 Å². The van der Waals surface area contributed by atoms with Crippen LogP contribution in [0.3, 0.4) is 0 Å². The van der Waals surface area contributed by atoms with Gasteiger partial charge >= 0.3 is 0 Å². The first-order valence-electron chi connectivity index (χ1n) is 4.26. The minimum atomic E-state index is 0.693. The summed E-state index contributed by atoms with van der Waals surface area (Å²) in [7, 11) is 0. The second-order valence-electron chi connectivity index (χ2n) is 3.27. The van der Waals surface area contributed by atoms with Gasteiger partial charge in [-0.3, -0.25) is 0 Å². The molecule has 1 heterocycles. The Balaban J connectivity index is 2.47. The second kappa shape index (κ2) is 3.24. The smallest absolute Gasteiger partial charge is 0.0396 e. The largest absolute Gasteiger partial charge is 0.385 e. The third-order valence-corrected chi connectivity index (χ3v) is 3.55. The summed E-state index contributed by atoms with van der Waals surface area (Å²) in [6.45, 7) is 3.27. The molecule has 1 nitrogen and oxygen atoms in total. The molecule has 1 aromatic carbocycles. The average molecular weight is 273 g/mol. The van der Waals surface area contributed by atoms with Crippen molar-refractivity contribution < 1.29 is 0 Å². The second-order valence-corrected chi connectivity index (χ2v) is 4.78. The van der Waals surface area contributed by atoms with Crippen LogP contribution in [0.15, 0.2) is 18.2 Å².